The van der Waals surface area contributed by atoms with Gasteiger partial charge in [0.2, 0.25) is 0 Å². The molecule has 1 N–H and O–H groups in total. The molecule has 2 aromatic carbocycles. The average molecular weight is 419 g/mol. The smallest absolute Gasteiger partial charge is 0.137 e. The molecule has 2 aromatic rings. The van der Waals surface area contributed by atoms with Gasteiger partial charge in [0, 0.05) is 6.04 Å². The normalized spacial score (nSPS) is 12.4. The molecule has 0 heterocycles. The minimum Gasteiger partial charge on any atom is -0.310 e. The second-order valence-corrected chi connectivity index (χ2v) is 6.45. The molecule has 0 amide bonds. The third kappa shape index (κ3) is 4.34. The highest BCUT2D eigenvalue weighted by molar-refractivity contribution is 9.10. The molecular formula is C16H15Br2F2N. The van der Waals surface area contributed by atoms with E-state index in [2.05, 4.69) is 37.2 Å². The molecular weight excluding hydrogens is 404 g/mol. The van der Waals surface area contributed by atoms with Crippen molar-refractivity contribution in [2.75, 3.05) is 6.54 Å². The van der Waals surface area contributed by atoms with Crippen LogP contribution in [-0.4, -0.2) is 6.54 Å². The van der Waals surface area contributed by atoms with Crippen molar-refractivity contribution in [2.24, 2.45) is 0 Å². The molecule has 112 valence electrons. The van der Waals surface area contributed by atoms with Gasteiger partial charge in [0.25, 0.3) is 0 Å². The van der Waals surface area contributed by atoms with Gasteiger partial charge in [-0.3, -0.25) is 0 Å². The highest BCUT2D eigenvalue weighted by atomic mass is 79.9. The third-order valence-electron chi connectivity index (χ3n) is 3.22. The molecule has 0 saturated heterocycles. The lowest BCUT2D eigenvalue weighted by Gasteiger charge is -2.19. The summed E-state index contributed by atoms with van der Waals surface area (Å²) >= 11 is 6.41. The van der Waals surface area contributed by atoms with Crippen LogP contribution < -0.4 is 5.32 Å². The Bertz CT molecular complexity index is 632. The molecule has 0 spiro atoms. The van der Waals surface area contributed by atoms with E-state index in [-0.39, 0.29) is 17.7 Å². The largest absolute Gasteiger partial charge is 0.310 e. The Balaban J connectivity index is 2.25. The van der Waals surface area contributed by atoms with Gasteiger partial charge in [-0.15, -0.1) is 0 Å². The van der Waals surface area contributed by atoms with Crippen LogP contribution in [0.25, 0.3) is 0 Å². The maximum absolute atomic E-state index is 13.4. The molecule has 0 aliphatic carbocycles. The summed E-state index contributed by atoms with van der Waals surface area (Å²) in [5.41, 5.74) is 2.00. The van der Waals surface area contributed by atoms with E-state index in [1.54, 1.807) is 24.3 Å². The predicted octanol–water partition coefficient (Wildman–Crippen LogP) is 5.38. The monoisotopic (exact) mass is 417 g/mol. The molecule has 0 radical (unpaired) electrons. The lowest BCUT2D eigenvalue weighted by atomic mass is 9.99. The van der Waals surface area contributed by atoms with Gasteiger partial charge < -0.3 is 5.32 Å². The zero-order valence-corrected chi connectivity index (χ0v) is 14.6. The van der Waals surface area contributed by atoms with Crippen molar-refractivity contribution in [3.63, 3.8) is 0 Å². The van der Waals surface area contributed by atoms with Crippen LogP contribution >= 0.6 is 31.9 Å². The van der Waals surface area contributed by atoms with E-state index in [0.717, 1.165) is 17.7 Å². The van der Waals surface area contributed by atoms with Gasteiger partial charge >= 0.3 is 0 Å². The molecule has 0 fully saturated rings. The summed E-state index contributed by atoms with van der Waals surface area (Å²) < 4.78 is 27.6. The molecule has 21 heavy (non-hydrogen) atoms. The SMILES string of the molecule is CCNC(Cc1ccc(F)c(Br)c1)c1ccc(F)c(Br)c1. The first-order valence-electron chi connectivity index (χ1n) is 6.63. The summed E-state index contributed by atoms with van der Waals surface area (Å²) in [6.07, 6.45) is 0.699. The van der Waals surface area contributed by atoms with Crippen LogP contribution in [0.2, 0.25) is 0 Å². The van der Waals surface area contributed by atoms with E-state index in [0.29, 0.717) is 15.4 Å². The maximum atomic E-state index is 13.4. The standard InChI is InChI=1S/C16H15Br2F2N/c1-2-21-16(11-4-6-15(20)13(18)9-11)8-10-3-5-14(19)12(17)7-10/h3-7,9,16,21H,2,8H2,1H3. The van der Waals surface area contributed by atoms with Gasteiger partial charge in [0.15, 0.2) is 0 Å². The number of hydrogen-bond acceptors (Lipinski definition) is 1. The fourth-order valence-corrected chi connectivity index (χ4v) is 3.01. The number of halogens is 4. The first-order chi connectivity index (χ1) is 10.0. The summed E-state index contributed by atoms with van der Waals surface area (Å²) in [6, 6.07) is 10.0. The number of rotatable bonds is 5. The van der Waals surface area contributed by atoms with E-state index in [4.69, 9.17) is 0 Å². The van der Waals surface area contributed by atoms with Crippen molar-refractivity contribution >= 4 is 31.9 Å². The fraction of sp³-hybridized carbons (Fsp3) is 0.250. The molecule has 0 aliphatic rings. The summed E-state index contributed by atoms with van der Waals surface area (Å²) in [7, 11) is 0. The van der Waals surface area contributed by atoms with Gasteiger partial charge in [-0.1, -0.05) is 19.1 Å². The number of nitrogens with one attached hydrogen (secondary N) is 1. The lowest BCUT2D eigenvalue weighted by molar-refractivity contribution is 0.545. The number of likely N-dealkylation sites (N-methyl/N-ethyl adjacent to an activating group) is 1. The predicted molar refractivity (Wildman–Crippen MR) is 88.3 cm³/mol. The van der Waals surface area contributed by atoms with E-state index in [9.17, 15) is 8.78 Å². The molecule has 1 unspecified atom stereocenters. The van der Waals surface area contributed by atoms with E-state index < -0.39 is 0 Å². The quantitative estimate of drug-likeness (QED) is 0.686. The Morgan fingerprint density at radius 1 is 1.00 bits per heavy atom. The van der Waals surface area contributed by atoms with Crippen LogP contribution in [-0.2, 0) is 6.42 Å². The minimum absolute atomic E-state index is 0.0456. The van der Waals surface area contributed by atoms with E-state index in [1.165, 1.54) is 12.1 Å². The Morgan fingerprint density at radius 3 is 2.19 bits per heavy atom. The first-order valence-corrected chi connectivity index (χ1v) is 8.22. The minimum atomic E-state index is -0.279. The third-order valence-corrected chi connectivity index (χ3v) is 4.44. The van der Waals surface area contributed by atoms with Crippen LogP contribution in [0.15, 0.2) is 45.3 Å². The van der Waals surface area contributed by atoms with E-state index in [1.807, 2.05) is 6.92 Å². The van der Waals surface area contributed by atoms with Crippen LogP contribution in [0.5, 0.6) is 0 Å². The Labute approximate surface area is 140 Å². The van der Waals surface area contributed by atoms with Crippen LogP contribution in [0.1, 0.15) is 24.1 Å². The Hall–Kier alpha value is -0.780. The number of hydrogen-bond donors (Lipinski definition) is 1. The van der Waals surface area contributed by atoms with Gasteiger partial charge in [-0.25, -0.2) is 8.78 Å². The van der Waals surface area contributed by atoms with Crippen molar-refractivity contribution in [2.45, 2.75) is 19.4 Å². The fourth-order valence-electron chi connectivity index (χ4n) is 2.19. The second-order valence-electron chi connectivity index (χ2n) is 4.74. The number of benzene rings is 2. The van der Waals surface area contributed by atoms with Crippen LogP contribution in [0.3, 0.4) is 0 Å². The van der Waals surface area contributed by atoms with Gasteiger partial charge in [0.1, 0.15) is 11.6 Å². The Morgan fingerprint density at radius 2 is 1.62 bits per heavy atom. The molecule has 0 aromatic heterocycles. The molecule has 1 nitrogen and oxygen atoms in total. The van der Waals surface area contributed by atoms with Crippen LogP contribution in [0, 0.1) is 11.6 Å². The zero-order valence-electron chi connectivity index (χ0n) is 11.5. The van der Waals surface area contributed by atoms with Crippen molar-refractivity contribution in [1.82, 2.24) is 5.32 Å². The van der Waals surface area contributed by atoms with Crippen LogP contribution in [0.4, 0.5) is 8.78 Å². The highest BCUT2D eigenvalue weighted by Crippen LogP contribution is 2.25. The molecule has 0 aliphatic heterocycles. The molecule has 1 atom stereocenters. The second kappa shape index (κ2) is 7.47. The topological polar surface area (TPSA) is 12.0 Å². The van der Waals surface area contributed by atoms with Crippen molar-refractivity contribution in [3.8, 4) is 0 Å². The van der Waals surface area contributed by atoms with Crippen molar-refractivity contribution in [1.29, 1.82) is 0 Å². The molecule has 5 heteroatoms. The average Bonchev–Trinajstić information content (AvgIpc) is 2.45. The first kappa shape index (κ1) is 16.6. The maximum Gasteiger partial charge on any atom is 0.137 e. The highest BCUT2D eigenvalue weighted by Gasteiger charge is 2.14. The van der Waals surface area contributed by atoms with E-state index >= 15 is 0 Å². The Kier molecular flexibility index (Phi) is 5.90. The summed E-state index contributed by atoms with van der Waals surface area (Å²) in [5.74, 6) is -0.554. The summed E-state index contributed by atoms with van der Waals surface area (Å²) in [6.45, 7) is 2.81. The van der Waals surface area contributed by atoms with Gasteiger partial charge in [-0.05, 0) is 80.2 Å². The molecule has 0 bridgehead atoms. The van der Waals surface area contributed by atoms with Crippen molar-refractivity contribution in [3.05, 3.63) is 68.1 Å². The molecule has 2 rings (SSSR count). The molecule has 0 saturated carbocycles. The zero-order chi connectivity index (χ0) is 15.4. The summed E-state index contributed by atoms with van der Waals surface area (Å²) in [5, 5.41) is 3.38. The summed E-state index contributed by atoms with van der Waals surface area (Å²) in [4.78, 5) is 0. The van der Waals surface area contributed by atoms with Crippen molar-refractivity contribution < 1.29 is 8.78 Å². The lowest BCUT2D eigenvalue weighted by Crippen LogP contribution is -2.23. The van der Waals surface area contributed by atoms with Gasteiger partial charge in [0.05, 0.1) is 8.95 Å². The van der Waals surface area contributed by atoms with Gasteiger partial charge in [-0.2, -0.15) is 0 Å².